The van der Waals surface area contributed by atoms with E-state index >= 15 is 0 Å². The van der Waals surface area contributed by atoms with Crippen molar-refractivity contribution in [1.29, 1.82) is 0 Å². The quantitative estimate of drug-likeness (QED) is 0.811. The van der Waals surface area contributed by atoms with Crippen LogP contribution >= 0.6 is 11.6 Å². The van der Waals surface area contributed by atoms with Gasteiger partial charge in [-0.05, 0) is 40.8 Å². The second kappa shape index (κ2) is 5.63. The fourth-order valence-electron chi connectivity index (χ4n) is 2.11. The first-order valence-electron chi connectivity index (χ1n) is 6.42. The minimum absolute atomic E-state index is 0.00304. The molecule has 1 aromatic carbocycles. The molecular formula is C16H16ClNO2. The van der Waals surface area contributed by atoms with Crippen LogP contribution < -0.4 is 5.56 Å². The monoisotopic (exact) mass is 289 g/mol. The van der Waals surface area contributed by atoms with E-state index in [4.69, 9.17) is 11.6 Å². The lowest BCUT2D eigenvalue weighted by molar-refractivity contribution is 0.107. The maximum Gasteiger partial charge on any atom is 0.262 e. The van der Waals surface area contributed by atoms with Crippen LogP contribution in [0, 0.1) is 0 Å². The van der Waals surface area contributed by atoms with Crippen LogP contribution in [0.5, 0.6) is 0 Å². The van der Waals surface area contributed by atoms with E-state index in [1.54, 1.807) is 13.1 Å². The first kappa shape index (κ1) is 14.5. The minimum atomic E-state index is -0.729. The summed E-state index contributed by atoms with van der Waals surface area (Å²) in [7, 11) is 1.64. The third-order valence-corrected chi connectivity index (χ3v) is 3.59. The SMILES string of the molecule is CC(C)c1ccc(-c2ccc(C(=O)Cl)c(=O)n2C)cc1. The number of carbonyl (C=O) groups is 1. The van der Waals surface area contributed by atoms with Gasteiger partial charge in [0, 0.05) is 7.05 Å². The average Bonchev–Trinajstić information content (AvgIpc) is 2.41. The highest BCUT2D eigenvalue weighted by Gasteiger charge is 2.12. The number of carbonyl (C=O) groups excluding carboxylic acids is 1. The zero-order chi connectivity index (χ0) is 14.9. The fraction of sp³-hybridized carbons (Fsp3) is 0.250. The van der Waals surface area contributed by atoms with Gasteiger partial charge in [0.15, 0.2) is 0 Å². The molecule has 4 heteroatoms. The van der Waals surface area contributed by atoms with Crippen molar-refractivity contribution in [1.82, 2.24) is 4.57 Å². The molecule has 0 fully saturated rings. The molecule has 20 heavy (non-hydrogen) atoms. The summed E-state index contributed by atoms with van der Waals surface area (Å²) in [5.74, 6) is 0.462. The first-order valence-corrected chi connectivity index (χ1v) is 6.80. The Morgan fingerprint density at radius 3 is 2.20 bits per heavy atom. The van der Waals surface area contributed by atoms with E-state index in [0.29, 0.717) is 5.92 Å². The molecule has 0 aliphatic rings. The summed E-state index contributed by atoms with van der Waals surface area (Å²) in [4.78, 5) is 23.2. The summed E-state index contributed by atoms with van der Waals surface area (Å²) in [5.41, 5.74) is 2.55. The summed E-state index contributed by atoms with van der Waals surface area (Å²) in [6.07, 6.45) is 0. The van der Waals surface area contributed by atoms with Gasteiger partial charge >= 0.3 is 0 Å². The van der Waals surface area contributed by atoms with Gasteiger partial charge < -0.3 is 4.57 Å². The highest BCUT2D eigenvalue weighted by Crippen LogP contribution is 2.21. The van der Waals surface area contributed by atoms with E-state index in [1.165, 1.54) is 16.2 Å². The third-order valence-electron chi connectivity index (χ3n) is 3.39. The molecule has 0 bridgehead atoms. The Morgan fingerprint density at radius 1 is 1.10 bits per heavy atom. The Kier molecular flexibility index (Phi) is 4.09. The molecule has 1 heterocycles. The van der Waals surface area contributed by atoms with Gasteiger partial charge in [0.25, 0.3) is 10.8 Å². The number of halogens is 1. The van der Waals surface area contributed by atoms with Crippen molar-refractivity contribution in [3.8, 4) is 11.3 Å². The van der Waals surface area contributed by atoms with Crippen LogP contribution in [0.2, 0.25) is 0 Å². The zero-order valence-electron chi connectivity index (χ0n) is 11.7. The molecule has 0 saturated heterocycles. The average molecular weight is 290 g/mol. The maximum atomic E-state index is 12.0. The van der Waals surface area contributed by atoms with Crippen molar-refractivity contribution in [2.45, 2.75) is 19.8 Å². The predicted octanol–water partition coefficient (Wildman–Crippen LogP) is 3.55. The van der Waals surface area contributed by atoms with Crippen molar-refractivity contribution < 1.29 is 4.79 Å². The van der Waals surface area contributed by atoms with E-state index in [-0.39, 0.29) is 11.1 Å². The molecule has 3 nitrogen and oxygen atoms in total. The van der Waals surface area contributed by atoms with Crippen LogP contribution in [-0.2, 0) is 7.05 Å². The summed E-state index contributed by atoms with van der Waals surface area (Å²) in [6, 6.07) is 11.3. The van der Waals surface area contributed by atoms with E-state index < -0.39 is 5.24 Å². The molecule has 2 aromatic rings. The molecule has 2 rings (SSSR count). The van der Waals surface area contributed by atoms with Crippen molar-refractivity contribution in [3.05, 3.63) is 57.9 Å². The Hall–Kier alpha value is -1.87. The molecule has 0 aliphatic heterocycles. The lowest BCUT2D eigenvalue weighted by Crippen LogP contribution is -2.23. The summed E-state index contributed by atoms with van der Waals surface area (Å²) in [5, 5.41) is -0.729. The van der Waals surface area contributed by atoms with Gasteiger partial charge in [0.1, 0.15) is 0 Å². The van der Waals surface area contributed by atoms with Crippen molar-refractivity contribution >= 4 is 16.8 Å². The lowest BCUT2D eigenvalue weighted by atomic mass is 10.0. The lowest BCUT2D eigenvalue weighted by Gasteiger charge is -2.11. The molecule has 0 saturated carbocycles. The smallest absolute Gasteiger partial charge is 0.262 e. The minimum Gasteiger partial charge on any atom is -0.311 e. The summed E-state index contributed by atoms with van der Waals surface area (Å²) in [6.45, 7) is 4.26. The first-order chi connectivity index (χ1) is 9.41. The van der Waals surface area contributed by atoms with Gasteiger partial charge in [-0.25, -0.2) is 0 Å². The number of nitrogens with zero attached hydrogens (tertiary/aromatic N) is 1. The highest BCUT2D eigenvalue weighted by molar-refractivity contribution is 6.67. The topological polar surface area (TPSA) is 39.1 Å². The van der Waals surface area contributed by atoms with Gasteiger partial charge in [0.2, 0.25) is 0 Å². The number of benzene rings is 1. The molecule has 0 spiro atoms. The van der Waals surface area contributed by atoms with E-state index in [0.717, 1.165) is 11.3 Å². The number of pyridine rings is 1. The largest absolute Gasteiger partial charge is 0.311 e. The molecule has 0 radical (unpaired) electrons. The van der Waals surface area contributed by atoms with Crippen molar-refractivity contribution in [2.24, 2.45) is 7.05 Å². The fourth-order valence-corrected chi connectivity index (χ4v) is 2.26. The van der Waals surface area contributed by atoms with Crippen LogP contribution in [0.1, 0.15) is 35.7 Å². The van der Waals surface area contributed by atoms with E-state index in [1.807, 2.05) is 24.3 Å². The maximum absolute atomic E-state index is 12.0. The van der Waals surface area contributed by atoms with Crippen molar-refractivity contribution in [2.75, 3.05) is 0 Å². The number of hydrogen-bond acceptors (Lipinski definition) is 2. The summed E-state index contributed by atoms with van der Waals surface area (Å²) >= 11 is 5.38. The Balaban J connectivity index is 2.51. The normalized spacial score (nSPS) is 10.8. The van der Waals surface area contributed by atoms with E-state index in [2.05, 4.69) is 13.8 Å². The molecule has 0 unspecified atom stereocenters. The van der Waals surface area contributed by atoms with E-state index in [9.17, 15) is 9.59 Å². The molecule has 104 valence electrons. The number of hydrogen-bond donors (Lipinski definition) is 0. The predicted molar refractivity (Wildman–Crippen MR) is 81.4 cm³/mol. The molecule has 0 aliphatic carbocycles. The van der Waals surface area contributed by atoms with Gasteiger partial charge in [-0.15, -0.1) is 0 Å². The second-order valence-electron chi connectivity index (χ2n) is 5.05. The van der Waals surface area contributed by atoms with Gasteiger partial charge in [-0.2, -0.15) is 0 Å². The molecule has 0 atom stereocenters. The molecular weight excluding hydrogens is 274 g/mol. The van der Waals surface area contributed by atoms with Crippen LogP contribution in [-0.4, -0.2) is 9.81 Å². The Morgan fingerprint density at radius 2 is 1.70 bits per heavy atom. The van der Waals surface area contributed by atoms with Crippen LogP contribution in [0.25, 0.3) is 11.3 Å². The Labute approximate surface area is 122 Å². The standard InChI is InChI=1S/C16H16ClNO2/c1-10(2)11-4-6-12(7-5-11)14-9-8-13(15(17)19)16(20)18(14)3/h4-10H,1-3H3. The molecule has 0 N–H and O–H groups in total. The Bertz CT molecular complexity index is 699. The van der Waals surface area contributed by atoms with Crippen LogP contribution in [0.4, 0.5) is 0 Å². The third kappa shape index (κ3) is 2.68. The number of rotatable bonds is 3. The zero-order valence-corrected chi connectivity index (χ0v) is 12.4. The van der Waals surface area contributed by atoms with Crippen LogP contribution in [0.3, 0.4) is 0 Å². The van der Waals surface area contributed by atoms with Crippen LogP contribution in [0.15, 0.2) is 41.2 Å². The highest BCUT2D eigenvalue weighted by atomic mass is 35.5. The second-order valence-corrected chi connectivity index (χ2v) is 5.39. The number of aromatic nitrogens is 1. The van der Waals surface area contributed by atoms with Gasteiger partial charge in [0.05, 0.1) is 11.3 Å². The van der Waals surface area contributed by atoms with Gasteiger partial charge in [-0.1, -0.05) is 38.1 Å². The summed E-state index contributed by atoms with van der Waals surface area (Å²) < 4.78 is 1.44. The van der Waals surface area contributed by atoms with Gasteiger partial charge in [-0.3, -0.25) is 9.59 Å². The van der Waals surface area contributed by atoms with Crippen molar-refractivity contribution in [3.63, 3.8) is 0 Å². The molecule has 0 amide bonds. The molecule has 1 aromatic heterocycles.